The Bertz CT molecular complexity index is 1230. The maximum atomic E-state index is 13.8. The third-order valence-corrected chi connectivity index (χ3v) is 6.72. The molecule has 2 N–H and O–H groups in total. The van der Waals surface area contributed by atoms with E-state index in [2.05, 4.69) is 0 Å². The second-order valence-corrected chi connectivity index (χ2v) is 9.91. The Hall–Kier alpha value is -2.56. The molecule has 0 bridgehead atoms. The Morgan fingerprint density at radius 3 is 2.21 bits per heavy atom. The van der Waals surface area contributed by atoms with E-state index in [-0.39, 0.29) is 66.0 Å². The molecular weight excluding hydrogens is 512 g/mol. The number of aromatic nitrogens is 2. The molecular formula is C29H35FN3NaO5. The van der Waals surface area contributed by atoms with Gasteiger partial charge in [0.2, 0.25) is 0 Å². The van der Waals surface area contributed by atoms with E-state index in [0.29, 0.717) is 23.4 Å². The second-order valence-electron chi connectivity index (χ2n) is 9.91. The number of hydrogen-bond donors (Lipinski definition) is 2. The Balaban J connectivity index is 0.00000533. The fourth-order valence-corrected chi connectivity index (χ4v) is 4.58. The fourth-order valence-electron chi connectivity index (χ4n) is 4.58. The molecule has 2 aromatic carbocycles. The maximum Gasteiger partial charge on any atom is 1.00 e. The molecule has 0 unspecified atom stereocenters. The van der Waals surface area contributed by atoms with Crippen LogP contribution in [0.3, 0.4) is 0 Å². The molecule has 0 aliphatic heterocycles. The van der Waals surface area contributed by atoms with Crippen molar-refractivity contribution in [2.45, 2.75) is 70.6 Å². The predicted octanol–water partition coefficient (Wildman–Crippen LogP) is 0.157. The Morgan fingerprint density at radius 1 is 1.03 bits per heavy atom. The van der Waals surface area contributed by atoms with Gasteiger partial charge in [-0.05, 0) is 61.9 Å². The molecule has 0 spiro atoms. The molecule has 0 saturated carbocycles. The van der Waals surface area contributed by atoms with E-state index >= 15 is 0 Å². The summed E-state index contributed by atoms with van der Waals surface area (Å²) >= 11 is 0. The maximum absolute atomic E-state index is 13.8. The van der Waals surface area contributed by atoms with Gasteiger partial charge in [0.25, 0.3) is 5.91 Å². The van der Waals surface area contributed by atoms with Gasteiger partial charge in [-0.2, -0.15) is 5.10 Å². The van der Waals surface area contributed by atoms with Crippen LogP contribution in [0.25, 0.3) is 5.69 Å². The molecule has 10 heteroatoms. The number of carboxylic acid groups (broad SMARTS) is 1. The van der Waals surface area contributed by atoms with Crippen LogP contribution in [-0.4, -0.2) is 56.0 Å². The Morgan fingerprint density at radius 2 is 1.64 bits per heavy atom. The summed E-state index contributed by atoms with van der Waals surface area (Å²) in [4.78, 5) is 26.1. The minimum atomic E-state index is -1.39. The third-order valence-electron chi connectivity index (χ3n) is 6.72. The summed E-state index contributed by atoms with van der Waals surface area (Å²) in [6, 6.07) is 15.2. The molecule has 1 aromatic heterocycles. The first-order chi connectivity index (χ1) is 18.0. The first-order valence-corrected chi connectivity index (χ1v) is 12.7. The monoisotopic (exact) mass is 547 g/mol. The number of rotatable bonds is 12. The van der Waals surface area contributed by atoms with E-state index in [1.165, 1.54) is 12.1 Å². The van der Waals surface area contributed by atoms with Gasteiger partial charge in [-0.3, -0.25) is 4.79 Å². The Labute approximate surface area is 250 Å². The SMILES string of the molecule is CC(C)c1c(C(=O)N(C)[C@@H](C)c2ccccc2)nn(-c2ccc(F)cc2)c1CC[C@@H](O)C[C@@H](O)CC(=O)[O-].[Na+]. The minimum absolute atomic E-state index is 0. The zero-order valence-electron chi connectivity index (χ0n) is 23.2. The molecule has 0 fully saturated rings. The fraction of sp³-hybridized carbons (Fsp3) is 0.414. The van der Waals surface area contributed by atoms with Crippen molar-refractivity contribution < 1.29 is 58.9 Å². The molecule has 1 amide bonds. The summed E-state index contributed by atoms with van der Waals surface area (Å²) in [5.41, 5.74) is 3.22. The van der Waals surface area contributed by atoms with Crippen molar-refractivity contribution >= 4 is 11.9 Å². The average molecular weight is 548 g/mol. The summed E-state index contributed by atoms with van der Waals surface area (Å²) in [5.74, 6) is -2.16. The zero-order valence-corrected chi connectivity index (χ0v) is 25.2. The predicted molar refractivity (Wildman–Crippen MR) is 139 cm³/mol. The second kappa shape index (κ2) is 14.7. The van der Waals surface area contributed by atoms with Crippen molar-refractivity contribution in [1.29, 1.82) is 0 Å². The van der Waals surface area contributed by atoms with Gasteiger partial charge in [0.15, 0.2) is 5.69 Å². The van der Waals surface area contributed by atoms with Crippen LogP contribution in [0.5, 0.6) is 0 Å². The van der Waals surface area contributed by atoms with E-state index in [1.807, 2.05) is 51.1 Å². The van der Waals surface area contributed by atoms with Crippen molar-refractivity contribution in [2.24, 2.45) is 0 Å². The van der Waals surface area contributed by atoms with Gasteiger partial charge in [0.05, 0.1) is 23.9 Å². The molecule has 204 valence electrons. The number of carboxylic acids is 1. The van der Waals surface area contributed by atoms with Gasteiger partial charge >= 0.3 is 29.6 Å². The number of halogens is 1. The number of benzene rings is 2. The molecule has 3 rings (SSSR count). The van der Waals surface area contributed by atoms with Crippen LogP contribution in [0.4, 0.5) is 4.39 Å². The number of hydrogen-bond acceptors (Lipinski definition) is 6. The van der Waals surface area contributed by atoms with Crippen LogP contribution < -0.4 is 34.7 Å². The first kappa shape index (κ1) is 32.7. The summed E-state index contributed by atoms with van der Waals surface area (Å²) in [6.45, 7) is 5.84. The minimum Gasteiger partial charge on any atom is -0.550 e. The number of carbonyl (C=O) groups excluding carboxylic acids is 2. The van der Waals surface area contributed by atoms with Gasteiger partial charge in [0.1, 0.15) is 5.82 Å². The Kier molecular flexibility index (Phi) is 12.3. The van der Waals surface area contributed by atoms with E-state index in [1.54, 1.807) is 28.8 Å². The molecule has 8 nitrogen and oxygen atoms in total. The van der Waals surface area contributed by atoms with E-state index < -0.39 is 30.4 Å². The van der Waals surface area contributed by atoms with Crippen LogP contribution in [0.2, 0.25) is 0 Å². The normalized spacial score (nSPS) is 13.4. The molecule has 0 radical (unpaired) electrons. The average Bonchev–Trinajstić information content (AvgIpc) is 3.26. The van der Waals surface area contributed by atoms with Gasteiger partial charge in [-0.25, -0.2) is 9.07 Å². The molecule has 0 aliphatic rings. The number of aliphatic hydroxyl groups is 2. The smallest absolute Gasteiger partial charge is 0.550 e. The van der Waals surface area contributed by atoms with E-state index in [9.17, 15) is 29.3 Å². The van der Waals surface area contributed by atoms with E-state index in [4.69, 9.17) is 5.10 Å². The van der Waals surface area contributed by atoms with Gasteiger partial charge < -0.3 is 25.0 Å². The molecule has 0 aliphatic carbocycles. The van der Waals surface area contributed by atoms with Crippen LogP contribution in [0.15, 0.2) is 54.6 Å². The summed E-state index contributed by atoms with van der Waals surface area (Å²) in [7, 11) is 1.73. The number of nitrogens with zero attached hydrogens (tertiary/aromatic N) is 3. The topological polar surface area (TPSA) is 119 Å². The quantitative estimate of drug-likeness (QED) is 0.312. The number of aliphatic hydroxyl groups excluding tert-OH is 2. The van der Waals surface area contributed by atoms with Crippen molar-refractivity contribution in [3.05, 3.63) is 82.9 Å². The molecule has 39 heavy (non-hydrogen) atoms. The first-order valence-electron chi connectivity index (χ1n) is 12.7. The largest absolute Gasteiger partial charge is 1.00 e. The standard InChI is InChI=1S/C29H36FN3O5.Na/c1-18(2)27-25(15-14-23(34)16-24(35)17-26(36)37)33(22-12-10-21(30)11-13-22)31-28(27)29(38)32(4)19(3)20-8-6-5-7-9-20;/h5-13,18-19,23-24,34-35H,14-17H2,1-4H3,(H,36,37);/q;+1/p-1/t19-,23+,24+;/m0./s1. The third kappa shape index (κ3) is 8.46. The van der Waals surface area contributed by atoms with Gasteiger partial charge in [0, 0.05) is 30.7 Å². The van der Waals surface area contributed by atoms with Crippen molar-refractivity contribution in [2.75, 3.05) is 7.05 Å². The van der Waals surface area contributed by atoms with E-state index in [0.717, 1.165) is 5.56 Å². The number of amides is 1. The molecule has 3 aromatic rings. The van der Waals surface area contributed by atoms with Crippen LogP contribution in [0, 0.1) is 5.82 Å². The van der Waals surface area contributed by atoms with Crippen molar-refractivity contribution in [1.82, 2.24) is 14.7 Å². The van der Waals surface area contributed by atoms with Gasteiger partial charge in [-0.15, -0.1) is 0 Å². The summed E-state index contributed by atoms with van der Waals surface area (Å²) < 4.78 is 15.3. The molecule has 3 atom stereocenters. The zero-order chi connectivity index (χ0) is 28.0. The number of aliphatic carboxylic acids is 1. The molecule has 0 saturated heterocycles. The van der Waals surface area contributed by atoms with Gasteiger partial charge in [-0.1, -0.05) is 44.2 Å². The van der Waals surface area contributed by atoms with Crippen molar-refractivity contribution in [3.63, 3.8) is 0 Å². The summed E-state index contributed by atoms with van der Waals surface area (Å²) in [5, 5.41) is 35.8. The van der Waals surface area contributed by atoms with Crippen LogP contribution in [0.1, 0.15) is 79.3 Å². The van der Waals surface area contributed by atoms with Crippen LogP contribution in [-0.2, 0) is 11.2 Å². The van der Waals surface area contributed by atoms with Crippen molar-refractivity contribution in [3.8, 4) is 5.69 Å². The van der Waals surface area contributed by atoms with Crippen LogP contribution >= 0.6 is 0 Å². The summed E-state index contributed by atoms with van der Waals surface area (Å²) in [6.07, 6.45) is -2.42. The molecule has 1 heterocycles. The number of carbonyl (C=O) groups is 2.